The van der Waals surface area contributed by atoms with Crippen LogP contribution in [0.25, 0.3) is 5.57 Å². The summed E-state index contributed by atoms with van der Waals surface area (Å²) in [5, 5.41) is 0.0815. The molecule has 1 fully saturated rings. The van der Waals surface area contributed by atoms with Crippen LogP contribution in [0.5, 0.6) is 0 Å². The van der Waals surface area contributed by atoms with Crippen molar-refractivity contribution in [3.8, 4) is 0 Å². The Morgan fingerprint density at radius 3 is 2.69 bits per heavy atom. The maximum Gasteiger partial charge on any atom is 0.0525 e. The Morgan fingerprint density at radius 1 is 1.31 bits per heavy atom. The number of hydrogen-bond acceptors (Lipinski definition) is 1. The second-order valence-electron chi connectivity index (χ2n) is 4.82. The lowest BCUT2D eigenvalue weighted by atomic mass is 9.96. The fraction of sp³-hybridized carbons (Fsp3) is 0.429. The Hall–Kier alpha value is -0.863. The summed E-state index contributed by atoms with van der Waals surface area (Å²) in [6.45, 7) is 7.08. The molecule has 16 heavy (non-hydrogen) atoms. The van der Waals surface area contributed by atoms with Gasteiger partial charge in [0.25, 0.3) is 0 Å². The van der Waals surface area contributed by atoms with Crippen molar-refractivity contribution < 1.29 is 4.74 Å². The van der Waals surface area contributed by atoms with Crippen LogP contribution < -0.4 is 0 Å². The summed E-state index contributed by atoms with van der Waals surface area (Å²) in [4.78, 5) is 0. The van der Waals surface area contributed by atoms with E-state index in [0.29, 0.717) is 0 Å². The lowest BCUT2D eigenvalue weighted by molar-refractivity contribution is -0.0136. The molecule has 85 valence electrons. The Labute approximate surface area is 101 Å². The molecule has 0 spiro atoms. The third kappa shape index (κ3) is 2.83. The van der Waals surface area contributed by atoms with E-state index < -0.39 is 0 Å². The maximum absolute atomic E-state index is 6.17. The van der Waals surface area contributed by atoms with Crippen LogP contribution in [0.2, 0.25) is 0 Å². The Bertz CT molecular complexity index is 352. The smallest absolute Gasteiger partial charge is 0.0525 e. The molecule has 1 aromatic rings. The molecule has 1 nitrogen and oxygen atoms in total. The fourth-order valence-corrected chi connectivity index (χ4v) is 3.23. The molecule has 0 N–H and O–H groups in total. The topological polar surface area (TPSA) is 9.23 Å². The molecule has 1 aliphatic rings. The zero-order valence-corrected chi connectivity index (χ0v) is 11.9. The largest absolute Gasteiger partial charge is 0.379 e. The van der Waals surface area contributed by atoms with Crippen molar-refractivity contribution in [1.82, 2.24) is 0 Å². The van der Waals surface area contributed by atoms with Crippen molar-refractivity contribution in [2.24, 2.45) is 0 Å². The van der Waals surface area contributed by atoms with Gasteiger partial charge in [-0.25, -0.2) is 0 Å². The molecule has 1 atom stereocenters. The minimum Gasteiger partial charge on any atom is -0.379 e. The van der Waals surface area contributed by atoms with Crippen LogP contribution in [0, 0.1) is 6.58 Å². The van der Waals surface area contributed by atoms with Gasteiger partial charge in [0.2, 0.25) is 0 Å². The van der Waals surface area contributed by atoms with Crippen LogP contribution in [0.3, 0.4) is 0 Å². The number of benzene rings is 1. The van der Waals surface area contributed by atoms with Gasteiger partial charge in [-0.05, 0) is 36.8 Å². The van der Waals surface area contributed by atoms with Crippen LogP contribution in [-0.4, -0.2) is 22.1 Å². The first-order chi connectivity index (χ1) is 7.70. The summed E-state index contributed by atoms with van der Waals surface area (Å²) in [5.41, 5.74) is 2.12. The van der Waals surface area contributed by atoms with E-state index in [1.165, 1.54) is 19.3 Å². The second kappa shape index (κ2) is 4.98. The maximum atomic E-state index is 6.17. The monoisotopic (exact) mass is 231 g/mol. The van der Waals surface area contributed by atoms with E-state index in [2.05, 4.69) is 12.1 Å². The first-order valence-electron chi connectivity index (χ1n) is 6.00. The van der Waals surface area contributed by atoms with Gasteiger partial charge >= 0.3 is 0 Å². The molecule has 1 aliphatic heterocycles. The Morgan fingerprint density at radius 2 is 2.06 bits per heavy atom. The van der Waals surface area contributed by atoms with E-state index in [1.807, 2.05) is 18.2 Å². The van der Waals surface area contributed by atoms with E-state index in [-0.39, 0.29) is 5.22 Å². The van der Waals surface area contributed by atoms with E-state index in [1.54, 1.807) is 0 Å². The predicted octanol–water partition coefficient (Wildman–Crippen LogP) is 2.16. The summed E-state index contributed by atoms with van der Waals surface area (Å²) in [6, 6.07) is 10.2. The average Bonchev–Trinajstić information content (AvgIpc) is 2.30. The molecule has 1 heterocycles. The van der Waals surface area contributed by atoms with Gasteiger partial charge in [0.15, 0.2) is 0 Å². The molecule has 0 saturated carbocycles. The van der Waals surface area contributed by atoms with Crippen molar-refractivity contribution in [3.63, 3.8) is 0 Å². The van der Waals surface area contributed by atoms with Crippen LogP contribution in [0.1, 0.15) is 31.2 Å². The molecule has 0 aromatic heterocycles. The van der Waals surface area contributed by atoms with E-state index in [0.717, 1.165) is 34.4 Å². The van der Waals surface area contributed by atoms with Crippen molar-refractivity contribution >= 4 is 15.8 Å². The van der Waals surface area contributed by atoms with Crippen LogP contribution in [0.15, 0.2) is 30.3 Å². The lowest BCUT2D eigenvalue weighted by Gasteiger charge is -2.34. The molecule has 1 saturated heterocycles. The highest BCUT2D eigenvalue weighted by molar-refractivity contribution is 6.15. The van der Waals surface area contributed by atoms with Gasteiger partial charge in [0, 0.05) is 16.8 Å². The summed E-state index contributed by atoms with van der Waals surface area (Å²) < 4.78 is 5.92. The van der Waals surface area contributed by atoms with E-state index in [4.69, 9.17) is 11.3 Å². The van der Waals surface area contributed by atoms with Gasteiger partial charge in [-0.3, -0.25) is 0 Å². The van der Waals surface area contributed by atoms with Gasteiger partial charge in [0.1, 0.15) is 0 Å². The van der Waals surface area contributed by atoms with E-state index in [9.17, 15) is 0 Å². The highest BCUT2D eigenvalue weighted by Crippen LogP contribution is 2.31. The van der Waals surface area contributed by atoms with Crippen LogP contribution >= 0.6 is 0 Å². The van der Waals surface area contributed by atoms with Crippen molar-refractivity contribution in [3.05, 3.63) is 42.5 Å². The van der Waals surface area contributed by atoms with Gasteiger partial charge in [-0.2, -0.15) is 0 Å². The quantitative estimate of drug-likeness (QED) is 0.724. The Balaban J connectivity index is 2.01. The summed E-state index contributed by atoms with van der Waals surface area (Å²) in [5.74, 6) is 0. The van der Waals surface area contributed by atoms with Crippen molar-refractivity contribution in [2.45, 2.75) is 30.9 Å². The molecule has 1 unspecified atom stereocenters. The fourth-order valence-electron chi connectivity index (χ4n) is 2.29. The minimum absolute atomic E-state index is 0.0815. The number of rotatable bonds is 3. The van der Waals surface area contributed by atoms with Gasteiger partial charge in [0.05, 0.1) is 5.22 Å². The molecule has 0 bridgehead atoms. The highest BCUT2D eigenvalue weighted by atomic mass is 28.1. The second-order valence-corrected chi connectivity index (χ2v) is 6.65. The predicted molar refractivity (Wildman–Crippen MR) is 71.2 cm³/mol. The Kier molecular flexibility index (Phi) is 3.61. The van der Waals surface area contributed by atoms with Crippen LogP contribution in [-0.2, 0) is 4.74 Å². The summed E-state index contributed by atoms with van der Waals surface area (Å²) in [7, 11) is 1.06. The first-order valence-corrected chi connectivity index (χ1v) is 7.00. The summed E-state index contributed by atoms with van der Waals surface area (Å²) in [6.07, 6.45) is 4.55. The molecule has 1 aromatic carbocycles. The molecular formula is C14H19OSi. The molecular weight excluding hydrogens is 212 g/mol. The standard InChI is InChI=1S/C14H19OSi/c1-12(13-7-3-2-4-8-13)11-14(16)9-5-6-10-15-14/h1-4,7-8H,5-6,9-11H2,16H3. The highest BCUT2D eigenvalue weighted by Gasteiger charge is 2.28. The molecule has 2 heteroatoms. The molecule has 1 radical (unpaired) electrons. The molecule has 0 amide bonds. The van der Waals surface area contributed by atoms with E-state index >= 15 is 0 Å². The van der Waals surface area contributed by atoms with Crippen molar-refractivity contribution in [1.29, 1.82) is 0 Å². The minimum atomic E-state index is 0.0815. The van der Waals surface area contributed by atoms with Gasteiger partial charge in [-0.15, -0.1) is 0 Å². The van der Waals surface area contributed by atoms with Gasteiger partial charge in [-0.1, -0.05) is 36.9 Å². The third-order valence-electron chi connectivity index (χ3n) is 3.26. The zero-order chi connectivity index (χ0) is 11.4. The molecule has 2 rings (SSSR count). The molecule has 0 aliphatic carbocycles. The number of ether oxygens (including phenoxy) is 1. The first kappa shape index (κ1) is 11.6. The zero-order valence-electron chi connectivity index (χ0n) is 9.91. The number of hydrogen-bond donors (Lipinski definition) is 0. The lowest BCUT2D eigenvalue weighted by Crippen LogP contribution is -2.36. The van der Waals surface area contributed by atoms with Crippen LogP contribution in [0.4, 0.5) is 0 Å². The summed E-state index contributed by atoms with van der Waals surface area (Å²) >= 11 is 0. The van der Waals surface area contributed by atoms with Crippen molar-refractivity contribution in [2.75, 3.05) is 6.61 Å². The normalized spacial score (nSPS) is 25.5. The average molecular weight is 231 g/mol. The SMILES string of the molecule is [CH]=C(CC1([SiH3])CCCCO1)c1ccccc1. The third-order valence-corrected chi connectivity index (χ3v) is 4.40. The van der Waals surface area contributed by atoms with Gasteiger partial charge < -0.3 is 4.74 Å².